The van der Waals surface area contributed by atoms with E-state index < -0.39 is 17.5 Å². The van der Waals surface area contributed by atoms with Crippen LogP contribution >= 0.6 is 0 Å². The Morgan fingerprint density at radius 3 is 2.33 bits per heavy atom. The van der Waals surface area contributed by atoms with E-state index in [1.807, 2.05) is 0 Å². The van der Waals surface area contributed by atoms with Crippen molar-refractivity contribution in [2.24, 2.45) is 0 Å². The molecule has 0 aliphatic carbocycles. The summed E-state index contributed by atoms with van der Waals surface area (Å²) in [6.45, 7) is 8.90. The molecule has 0 fully saturated rings. The maximum atomic E-state index is 11.3. The summed E-state index contributed by atoms with van der Waals surface area (Å²) in [7, 11) is 0. The van der Waals surface area contributed by atoms with Crippen molar-refractivity contribution in [3.8, 4) is 0 Å². The van der Waals surface area contributed by atoms with Crippen LogP contribution in [0.25, 0.3) is 0 Å². The summed E-state index contributed by atoms with van der Waals surface area (Å²) in [4.78, 5) is 22.2. The Balaban J connectivity index is 4.25. The summed E-state index contributed by atoms with van der Waals surface area (Å²) < 4.78 is 0. The molecule has 2 amide bonds. The zero-order chi connectivity index (χ0) is 12.1. The van der Waals surface area contributed by atoms with Gasteiger partial charge in [-0.15, -0.1) is 0 Å². The minimum absolute atomic E-state index is 0.322. The van der Waals surface area contributed by atoms with Gasteiger partial charge in [-0.2, -0.15) is 0 Å². The molecule has 5 heteroatoms. The van der Waals surface area contributed by atoms with Gasteiger partial charge < -0.3 is 15.7 Å². The van der Waals surface area contributed by atoms with Crippen molar-refractivity contribution in [2.45, 2.75) is 32.7 Å². The van der Waals surface area contributed by atoms with Crippen molar-refractivity contribution >= 4 is 12.0 Å². The van der Waals surface area contributed by atoms with Crippen LogP contribution in [0, 0.1) is 0 Å². The van der Waals surface area contributed by atoms with Crippen LogP contribution in [0.5, 0.6) is 0 Å². The van der Waals surface area contributed by atoms with E-state index in [0.29, 0.717) is 13.0 Å². The normalized spacial score (nSPS) is 13.8. The fraction of sp³-hybridized carbons (Fsp3) is 0.600. The number of hydrogen-bond donors (Lipinski definition) is 3. The van der Waals surface area contributed by atoms with Gasteiger partial charge in [0.25, 0.3) is 0 Å². The van der Waals surface area contributed by atoms with Crippen molar-refractivity contribution in [3.63, 3.8) is 0 Å². The Morgan fingerprint density at radius 1 is 1.47 bits per heavy atom. The largest absolute Gasteiger partial charge is 0.480 e. The third kappa shape index (κ3) is 4.49. The number of nitrogens with one attached hydrogen (secondary N) is 2. The van der Waals surface area contributed by atoms with Crippen molar-refractivity contribution in [1.82, 2.24) is 10.6 Å². The minimum atomic E-state index is -1.22. The molecule has 0 aromatic rings. The molecule has 86 valence electrons. The van der Waals surface area contributed by atoms with Crippen LogP contribution in [-0.2, 0) is 4.79 Å². The highest BCUT2D eigenvalue weighted by atomic mass is 16.4. The number of urea groups is 1. The zero-order valence-corrected chi connectivity index (χ0v) is 9.39. The molecule has 0 saturated heterocycles. The van der Waals surface area contributed by atoms with E-state index in [1.165, 1.54) is 6.92 Å². The number of rotatable bonds is 5. The van der Waals surface area contributed by atoms with Crippen molar-refractivity contribution in [1.29, 1.82) is 0 Å². The summed E-state index contributed by atoms with van der Waals surface area (Å²) in [5.41, 5.74) is -0.419. The van der Waals surface area contributed by atoms with Crippen LogP contribution in [0.15, 0.2) is 12.2 Å². The molecule has 0 radical (unpaired) electrons. The number of carbonyl (C=O) groups is 2. The molecule has 0 heterocycles. The number of aliphatic carboxylic acids is 1. The summed E-state index contributed by atoms with van der Waals surface area (Å²) in [6, 6.07) is -0.496. The lowest BCUT2D eigenvalue weighted by molar-refractivity contribution is -0.143. The first-order valence-corrected chi connectivity index (χ1v) is 4.75. The van der Waals surface area contributed by atoms with Crippen molar-refractivity contribution in [3.05, 3.63) is 12.2 Å². The van der Waals surface area contributed by atoms with Gasteiger partial charge in [0.05, 0.1) is 0 Å². The van der Waals surface area contributed by atoms with Crippen molar-refractivity contribution in [2.75, 3.05) is 6.54 Å². The second kappa shape index (κ2) is 5.38. The fourth-order valence-electron chi connectivity index (χ4n) is 0.819. The lowest BCUT2D eigenvalue weighted by atomic mass is 10.00. The topological polar surface area (TPSA) is 78.4 Å². The van der Waals surface area contributed by atoms with E-state index in [1.54, 1.807) is 13.8 Å². The molecule has 0 bridgehead atoms. The molecular formula is C10H18N2O3. The van der Waals surface area contributed by atoms with E-state index in [-0.39, 0.29) is 0 Å². The van der Waals surface area contributed by atoms with Gasteiger partial charge in [-0.05, 0) is 20.3 Å². The van der Waals surface area contributed by atoms with Gasteiger partial charge in [0.2, 0.25) is 0 Å². The molecule has 3 N–H and O–H groups in total. The van der Waals surface area contributed by atoms with Gasteiger partial charge in [-0.3, -0.25) is 0 Å². The highest BCUT2D eigenvalue weighted by Gasteiger charge is 2.32. The molecule has 0 aromatic heterocycles. The van der Waals surface area contributed by atoms with E-state index in [9.17, 15) is 9.59 Å². The summed E-state index contributed by atoms with van der Waals surface area (Å²) in [6.07, 6.45) is 0.322. The highest BCUT2D eigenvalue weighted by molar-refractivity contribution is 5.85. The van der Waals surface area contributed by atoms with Crippen molar-refractivity contribution < 1.29 is 14.7 Å². The summed E-state index contributed by atoms with van der Waals surface area (Å²) in [5.74, 6) is -1.05. The number of amides is 2. The van der Waals surface area contributed by atoms with Gasteiger partial charge in [-0.25, -0.2) is 9.59 Å². The maximum Gasteiger partial charge on any atom is 0.329 e. The number of carboxylic acids is 1. The van der Waals surface area contributed by atoms with Gasteiger partial charge in [-0.1, -0.05) is 19.1 Å². The standard InChI is InChI=1S/C10H18N2O3/c1-5-10(4,8(13)14)12-9(15)11-6-7(2)3/h2,5-6H2,1,3-4H3,(H,13,14)(H2,11,12,15). The van der Waals surface area contributed by atoms with E-state index in [4.69, 9.17) is 5.11 Å². The van der Waals surface area contributed by atoms with Crippen LogP contribution in [0.4, 0.5) is 4.79 Å². The monoisotopic (exact) mass is 214 g/mol. The first-order chi connectivity index (χ1) is 6.81. The molecule has 0 spiro atoms. The average Bonchev–Trinajstić information content (AvgIpc) is 2.14. The van der Waals surface area contributed by atoms with Gasteiger partial charge >= 0.3 is 12.0 Å². The van der Waals surface area contributed by atoms with Gasteiger partial charge in [0.15, 0.2) is 0 Å². The Morgan fingerprint density at radius 2 is 2.00 bits per heavy atom. The van der Waals surface area contributed by atoms with Crippen LogP contribution in [-0.4, -0.2) is 29.2 Å². The van der Waals surface area contributed by atoms with E-state index in [0.717, 1.165) is 5.57 Å². The molecule has 15 heavy (non-hydrogen) atoms. The highest BCUT2D eigenvalue weighted by Crippen LogP contribution is 2.08. The molecule has 1 unspecified atom stereocenters. The Kier molecular flexibility index (Phi) is 4.84. The predicted octanol–water partition coefficient (Wildman–Crippen LogP) is 1.11. The Hall–Kier alpha value is -1.52. The zero-order valence-electron chi connectivity index (χ0n) is 9.39. The van der Waals surface area contributed by atoms with Crippen LogP contribution in [0.1, 0.15) is 27.2 Å². The maximum absolute atomic E-state index is 11.3. The van der Waals surface area contributed by atoms with E-state index >= 15 is 0 Å². The molecular weight excluding hydrogens is 196 g/mol. The smallest absolute Gasteiger partial charge is 0.329 e. The minimum Gasteiger partial charge on any atom is -0.480 e. The molecule has 0 aromatic carbocycles. The van der Waals surface area contributed by atoms with Crippen LogP contribution in [0.3, 0.4) is 0 Å². The number of carbonyl (C=O) groups excluding carboxylic acids is 1. The second-order valence-electron chi connectivity index (χ2n) is 3.76. The Labute approximate surface area is 89.6 Å². The summed E-state index contributed by atoms with van der Waals surface area (Å²) in [5, 5.41) is 13.8. The molecule has 1 atom stereocenters. The average molecular weight is 214 g/mol. The quantitative estimate of drug-likeness (QED) is 0.600. The Bertz CT molecular complexity index is 276. The molecule has 5 nitrogen and oxygen atoms in total. The third-order valence-electron chi connectivity index (χ3n) is 2.12. The van der Waals surface area contributed by atoms with Crippen LogP contribution < -0.4 is 10.6 Å². The number of hydrogen-bond acceptors (Lipinski definition) is 2. The summed E-state index contributed by atoms with van der Waals surface area (Å²) >= 11 is 0. The molecule has 0 aliphatic rings. The second-order valence-corrected chi connectivity index (χ2v) is 3.76. The molecule has 0 saturated carbocycles. The van der Waals surface area contributed by atoms with Gasteiger partial charge in [0.1, 0.15) is 5.54 Å². The first-order valence-electron chi connectivity index (χ1n) is 4.75. The molecule has 0 rings (SSSR count). The number of carboxylic acid groups (broad SMARTS) is 1. The third-order valence-corrected chi connectivity index (χ3v) is 2.12. The molecule has 0 aliphatic heterocycles. The van der Waals surface area contributed by atoms with Gasteiger partial charge in [0, 0.05) is 6.54 Å². The fourth-order valence-corrected chi connectivity index (χ4v) is 0.819. The lowest BCUT2D eigenvalue weighted by Gasteiger charge is -2.24. The van der Waals surface area contributed by atoms with E-state index in [2.05, 4.69) is 17.2 Å². The predicted molar refractivity (Wildman–Crippen MR) is 57.7 cm³/mol. The lowest BCUT2D eigenvalue weighted by Crippen LogP contribution is -2.54. The van der Waals surface area contributed by atoms with Crippen LogP contribution in [0.2, 0.25) is 0 Å². The SMILES string of the molecule is C=C(C)CNC(=O)NC(C)(CC)C(=O)O. The first kappa shape index (κ1) is 13.5.